The molecule has 1 aliphatic heterocycles. The van der Waals surface area contributed by atoms with Crippen molar-refractivity contribution in [1.29, 1.82) is 0 Å². The smallest absolute Gasteiger partial charge is 0.241 e. The number of carbonyl (C=O) groups is 1. The fourth-order valence-corrected chi connectivity index (χ4v) is 2.87. The van der Waals surface area contributed by atoms with Gasteiger partial charge in [0.25, 0.3) is 0 Å². The molecule has 2 aliphatic rings. The van der Waals surface area contributed by atoms with Gasteiger partial charge in [0.15, 0.2) is 0 Å². The van der Waals surface area contributed by atoms with Crippen LogP contribution in [0.1, 0.15) is 47.5 Å². The lowest BCUT2D eigenvalue weighted by Gasteiger charge is -2.41. The van der Waals surface area contributed by atoms with E-state index < -0.39 is 0 Å². The second-order valence-electron chi connectivity index (χ2n) is 6.21. The summed E-state index contributed by atoms with van der Waals surface area (Å²) < 4.78 is 0. The van der Waals surface area contributed by atoms with E-state index in [4.69, 9.17) is 0 Å². The Morgan fingerprint density at radius 1 is 1.38 bits per heavy atom. The number of nitrogens with zero attached hydrogens (tertiary/aromatic N) is 1. The molecule has 1 saturated heterocycles. The van der Waals surface area contributed by atoms with E-state index in [0.29, 0.717) is 11.8 Å². The fourth-order valence-electron chi connectivity index (χ4n) is 2.87. The summed E-state index contributed by atoms with van der Waals surface area (Å²) >= 11 is 0. The zero-order valence-corrected chi connectivity index (χ0v) is 11.1. The topological polar surface area (TPSA) is 32.3 Å². The molecule has 2 rings (SSSR count). The zero-order chi connectivity index (χ0) is 12.1. The Morgan fingerprint density at radius 2 is 1.94 bits per heavy atom. The Bertz CT molecular complexity index is 294. The lowest BCUT2D eigenvalue weighted by atomic mass is 9.94. The van der Waals surface area contributed by atoms with Gasteiger partial charge in [0.1, 0.15) is 0 Å². The lowest BCUT2D eigenvalue weighted by molar-refractivity contribution is -0.136. The summed E-state index contributed by atoms with van der Waals surface area (Å²) in [6, 6.07) is -0.0228. The third-order valence-corrected chi connectivity index (χ3v) is 4.14. The van der Waals surface area contributed by atoms with Gasteiger partial charge >= 0.3 is 0 Å². The van der Waals surface area contributed by atoms with Crippen molar-refractivity contribution in [2.75, 3.05) is 0 Å². The van der Waals surface area contributed by atoms with Crippen LogP contribution in [0.2, 0.25) is 0 Å². The van der Waals surface area contributed by atoms with E-state index in [9.17, 15) is 4.79 Å². The molecule has 2 fully saturated rings. The number of hydrogen-bond acceptors (Lipinski definition) is 2. The van der Waals surface area contributed by atoms with Crippen molar-refractivity contribution in [3.05, 3.63) is 0 Å². The minimum Gasteiger partial charge on any atom is -0.320 e. The van der Waals surface area contributed by atoms with Crippen LogP contribution in [-0.2, 0) is 4.79 Å². The van der Waals surface area contributed by atoms with Crippen LogP contribution in [0.25, 0.3) is 0 Å². The zero-order valence-electron chi connectivity index (χ0n) is 11.1. The molecule has 16 heavy (non-hydrogen) atoms. The van der Waals surface area contributed by atoms with Gasteiger partial charge in [-0.25, -0.2) is 0 Å². The van der Waals surface area contributed by atoms with Crippen molar-refractivity contribution in [2.45, 2.75) is 65.2 Å². The van der Waals surface area contributed by atoms with Crippen LogP contribution in [0.5, 0.6) is 0 Å². The van der Waals surface area contributed by atoms with Gasteiger partial charge in [-0.3, -0.25) is 10.1 Å². The van der Waals surface area contributed by atoms with Gasteiger partial charge in [-0.2, -0.15) is 0 Å². The van der Waals surface area contributed by atoms with Gasteiger partial charge in [0.05, 0.1) is 12.2 Å². The van der Waals surface area contributed by atoms with Gasteiger partial charge < -0.3 is 4.90 Å². The van der Waals surface area contributed by atoms with E-state index in [0.717, 1.165) is 0 Å². The summed E-state index contributed by atoms with van der Waals surface area (Å²) in [5.41, 5.74) is 0.0176. The maximum atomic E-state index is 12.3. The van der Waals surface area contributed by atoms with Crippen LogP contribution in [-0.4, -0.2) is 28.6 Å². The summed E-state index contributed by atoms with van der Waals surface area (Å²) in [5.74, 6) is 1.44. The highest BCUT2D eigenvalue weighted by molar-refractivity contribution is 5.84. The molecule has 1 N–H and O–H groups in total. The molecule has 1 aliphatic carbocycles. The van der Waals surface area contributed by atoms with E-state index in [-0.39, 0.29) is 23.7 Å². The quantitative estimate of drug-likeness (QED) is 0.795. The van der Waals surface area contributed by atoms with Crippen molar-refractivity contribution in [3.63, 3.8) is 0 Å². The Hall–Kier alpha value is -0.570. The first kappa shape index (κ1) is 11.9. The first-order chi connectivity index (χ1) is 7.35. The summed E-state index contributed by atoms with van der Waals surface area (Å²) in [7, 11) is 0. The monoisotopic (exact) mass is 224 g/mol. The molecule has 0 aromatic rings. The molecular weight excluding hydrogens is 200 g/mol. The molecule has 2 atom stereocenters. The van der Waals surface area contributed by atoms with E-state index >= 15 is 0 Å². The van der Waals surface area contributed by atoms with Crippen molar-refractivity contribution < 1.29 is 4.79 Å². The average Bonchev–Trinajstić information content (AvgIpc) is 2.95. The van der Waals surface area contributed by atoms with E-state index in [1.54, 1.807) is 0 Å². The molecule has 2 unspecified atom stereocenters. The van der Waals surface area contributed by atoms with Crippen LogP contribution >= 0.6 is 0 Å². The minimum atomic E-state index is -0.0228. The van der Waals surface area contributed by atoms with Gasteiger partial charge in [0.2, 0.25) is 5.91 Å². The Balaban J connectivity index is 2.24. The molecule has 1 heterocycles. The Morgan fingerprint density at radius 3 is 2.38 bits per heavy atom. The number of nitrogens with one attached hydrogen (secondary N) is 1. The second-order valence-corrected chi connectivity index (χ2v) is 6.21. The third-order valence-electron chi connectivity index (χ3n) is 4.14. The highest BCUT2D eigenvalue weighted by atomic mass is 16.2. The van der Waals surface area contributed by atoms with Crippen molar-refractivity contribution in [2.24, 2.45) is 11.8 Å². The lowest BCUT2D eigenvalue weighted by Crippen LogP contribution is -2.54. The van der Waals surface area contributed by atoms with Crippen molar-refractivity contribution >= 4 is 5.91 Å². The highest BCUT2D eigenvalue weighted by Gasteiger charge is 2.51. The Labute approximate surface area is 98.6 Å². The third kappa shape index (κ3) is 1.75. The highest BCUT2D eigenvalue weighted by Crippen LogP contribution is 2.45. The number of carbonyl (C=O) groups excluding carboxylic acids is 1. The predicted octanol–water partition coefficient (Wildman–Crippen LogP) is 1.98. The van der Waals surface area contributed by atoms with E-state index in [1.165, 1.54) is 12.8 Å². The first-order valence-corrected chi connectivity index (χ1v) is 6.45. The molecular formula is C13H24N2O. The van der Waals surface area contributed by atoms with Crippen LogP contribution < -0.4 is 5.32 Å². The molecule has 0 bridgehead atoms. The maximum absolute atomic E-state index is 12.3. The second kappa shape index (κ2) is 3.73. The van der Waals surface area contributed by atoms with Gasteiger partial charge in [-0.1, -0.05) is 13.8 Å². The average molecular weight is 224 g/mol. The standard InChI is InChI=1S/C13H24N2O/c1-8(2)11-14-9(3)12(16)15(11)13(4,5)10-6-7-10/h8-11,14H,6-7H2,1-5H3. The molecule has 0 radical (unpaired) electrons. The first-order valence-electron chi connectivity index (χ1n) is 6.45. The summed E-state index contributed by atoms with van der Waals surface area (Å²) in [4.78, 5) is 14.4. The van der Waals surface area contributed by atoms with Crippen LogP contribution in [0.4, 0.5) is 0 Å². The minimum absolute atomic E-state index is 0.0176. The summed E-state index contributed by atoms with van der Waals surface area (Å²) in [6.07, 6.45) is 2.75. The molecule has 1 amide bonds. The molecule has 0 aromatic carbocycles. The maximum Gasteiger partial charge on any atom is 0.241 e. The predicted molar refractivity (Wildman–Crippen MR) is 64.9 cm³/mol. The summed E-state index contributed by atoms with van der Waals surface area (Å²) in [6.45, 7) is 10.8. The number of hydrogen-bond donors (Lipinski definition) is 1. The fraction of sp³-hybridized carbons (Fsp3) is 0.923. The van der Waals surface area contributed by atoms with Gasteiger partial charge in [0, 0.05) is 5.54 Å². The molecule has 92 valence electrons. The van der Waals surface area contributed by atoms with Crippen LogP contribution in [0.3, 0.4) is 0 Å². The largest absolute Gasteiger partial charge is 0.320 e. The molecule has 3 heteroatoms. The number of rotatable bonds is 3. The summed E-state index contributed by atoms with van der Waals surface area (Å²) in [5, 5.41) is 3.42. The van der Waals surface area contributed by atoms with Crippen LogP contribution in [0.15, 0.2) is 0 Å². The van der Waals surface area contributed by atoms with E-state index in [2.05, 4.69) is 37.9 Å². The molecule has 0 aromatic heterocycles. The van der Waals surface area contributed by atoms with Crippen molar-refractivity contribution in [1.82, 2.24) is 10.2 Å². The van der Waals surface area contributed by atoms with E-state index in [1.807, 2.05) is 6.92 Å². The van der Waals surface area contributed by atoms with Crippen molar-refractivity contribution in [3.8, 4) is 0 Å². The normalized spacial score (nSPS) is 31.6. The van der Waals surface area contributed by atoms with Crippen LogP contribution in [0, 0.1) is 11.8 Å². The molecule has 3 nitrogen and oxygen atoms in total. The number of amides is 1. The van der Waals surface area contributed by atoms with Gasteiger partial charge in [-0.05, 0) is 45.4 Å². The molecule has 0 spiro atoms. The molecule has 1 saturated carbocycles. The SMILES string of the molecule is CC1NC(C(C)C)N(C(C)(C)C2CC2)C1=O. The Kier molecular flexibility index (Phi) is 2.77. The van der Waals surface area contributed by atoms with Gasteiger partial charge in [-0.15, -0.1) is 0 Å².